The molecule has 1 fully saturated rings. The SMILES string of the molecule is COc1ccc(Cl)c(CN2CCCCC2(C)C(N)=O)c1. The first kappa shape index (κ1) is 15.1. The molecule has 5 heteroatoms. The van der Waals surface area contributed by atoms with Crippen LogP contribution in [0.15, 0.2) is 18.2 Å². The van der Waals surface area contributed by atoms with Gasteiger partial charge in [-0.15, -0.1) is 0 Å². The van der Waals surface area contributed by atoms with Crippen LogP contribution < -0.4 is 10.5 Å². The second kappa shape index (κ2) is 6.02. The summed E-state index contributed by atoms with van der Waals surface area (Å²) in [6.07, 6.45) is 2.90. The number of primary amides is 1. The third-order valence-corrected chi connectivity index (χ3v) is 4.55. The molecule has 1 aliphatic rings. The third kappa shape index (κ3) is 2.91. The van der Waals surface area contributed by atoms with Gasteiger partial charge in [0.25, 0.3) is 0 Å². The van der Waals surface area contributed by atoms with E-state index in [0.717, 1.165) is 37.1 Å². The van der Waals surface area contributed by atoms with Crippen molar-refractivity contribution in [3.63, 3.8) is 0 Å². The minimum Gasteiger partial charge on any atom is -0.497 e. The fourth-order valence-electron chi connectivity index (χ4n) is 2.71. The molecule has 20 heavy (non-hydrogen) atoms. The molecule has 1 unspecified atom stereocenters. The van der Waals surface area contributed by atoms with Crippen LogP contribution in [0.4, 0.5) is 0 Å². The van der Waals surface area contributed by atoms with E-state index in [1.54, 1.807) is 7.11 Å². The van der Waals surface area contributed by atoms with E-state index in [-0.39, 0.29) is 5.91 Å². The number of halogens is 1. The molecule has 1 aromatic carbocycles. The Morgan fingerprint density at radius 2 is 2.25 bits per heavy atom. The van der Waals surface area contributed by atoms with Crippen molar-refractivity contribution in [2.45, 2.75) is 38.3 Å². The van der Waals surface area contributed by atoms with Gasteiger partial charge in [-0.1, -0.05) is 11.6 Å². The minimum atomic E-state index is -0.593. The van der Waals surface area contributed by atoms with Gasteiger partial charge in [0.05, 0.1) is 12.6 Å². The Morgan fingerprint density at radius 3 is 2.90 bits per heavy atom. The molecule has 1 atom stereocenters. The van der Waals surface area contributed by atoms with Crippen molar-refractivity contribution in [3.8, 4) is 5.75 Å². The molecule has 1 heterocycles. The number of carbonyl (C=O) groups excluding carboxylic acids is 1. The van der Waals surface area contributed by atoms with Gasteiger partial charge in [-0.05, 0) is 56.5 Å². The maximum Gasteiger partial charge on any atom is 0.237 e. The van der Waals surface area contributed by atoms with Crippen molar-refractivity contribution in [1.29, 1.82) is 0 Å². The number of amides is 1. The average Bonchev–Trinajstić information content (AvgIpc) is 2.43. The summed E-state index contributed by atoms with van der Waals surface area (Å²) in [5, 5.41) is 0.684. The highest BCUT2D eigenvalue weighted by molar-refractivity contribution is 6.31. The number of carbonyl (C=O) groups is 1. The van der Waals surface area contributed by atoms with E-state index in [1.807, 2.05) is 25.1 Å². The Kier molecular flexibility index (Phi) is 4.55. The van der Waals surface area contributed by atoms with Gasteiger partial charge in [-0.3, -0.25) is 9.69 Å². The van der Waals surface area contributed by atoms with Gasteiger partial charge in [-0.25, -0.2) is 0 Å². The zero-order valence-corrected chi connectivity index (χ0v) is 12.7. The van der Waals surface area contributed by atoms with Gasteiger partial charge in [0.2, 0.25) is 5.91 Å². The van der Waals surface area contributed by atoms with Gasteiger partial charge in [0, 0.05) is 11.6 Å². The Bertz CT molecular complexity index is 507. The van der Waals surface area contributed by atoms with Crippen LogP contribution in [0.1, 0.15) is 31.7 Å². The van der Waals surface area contributed by atoms with Crippen LogP contribution in [0, 0.1) is 0 Å². The molecule has 1 aliphatic heterocycles. The number of hydrogen-bond donors (Lipinski definition) is 1. The van der Waals surface area contributed by atoms with Gasteiger partial charge >= 0.3 is 0 Å². The first-order chi connectivity index (χ1) is 9.47. The molecule has 1 aromatic rings. The summed E-state index contributed by atoms with van der Waals surface area (Å²) in [7, 11) is 1.63. The Labute approximate surface area is 124 Å². The molecule has 0 spiro atoms. The number of rotatable bonds is 4. The van der Waals surface area contributed by atoms with Crippen molar-refractivity contribution in [3.05, 3.63) is 28.8 Å². The predicted octanol–water partition coefficient (Wildman–Crippen LogP) is 2.58. The predicted molar refractivity (Wildman–Crippen MR) is 79.9 cm³/mol. The molecule has 1 saturated heterocycles. The normalized spacial score (nSPS) is 23.6. The molecule has 2 rings (SSSR count). The number of piperidine rings is 1. The monoisotopic (exact) mass is 296 g/mol. The van der Waals surface area contributed by atoms with E-state index in [2.05, 4.69) is 4.90 Å². The Hall–Kier alpha value is -1.26. The topological polar surface area (TPSA) is 55.6 Å². The van der Waals surface area contributed by atoms with E-state index in [9.17, 15) is 4.79 Å². The zero-order valence-electron chi connectivity index (χ0n) is 12.0. The number of benzene rings is 1. The molecule has 0 radical (unpaired) electrons. The zero-order chi connectivity index (χ0) is 14.8. The first-order valence-corrected chi connectivity index (χ1v) is 7.22. The second-order valence-corrected chi connectivity index (χ2v) is 5.88. The lowest BCUT2D eigenvalue weighted by Crippen LogP contribution is -2.57. The summed E-state index contributed by atoms with van der Waals surface area (Å²) < 4.78 is 5.23. The first-order valence-electron chi connectivity index (χ1n) is 6.85. The Balaban J connectivity index is 2.25. The summed E-state index contributed by atoms with van der Waals surface area (Å²) in [5.41, 5.74) is 5.97. The highest BCUT2D eigenvalue weighted by atomic mass is 35.5. The summed E-state index contributed by atoms with van der Waals surface area (Å²) in [6.45, 7) is 3.38. The fraction of sp³-hybridized carbons (Fsp3) is 0.533. The van der Waals surface area contributed by atoms with Crippen LogP contribution in [0.25, 0.3) is 0 Å². The lowest BCUT2D eigenvalue weighted by Gasteiger charge is -2.42. The summed E-state index contributed by atoms with van der Waals surface area (Å²) in [6, 6.07) is 5.56. The molecule has 1 amide bonds. The molecule has 0 aromatic heterocycles. The van der Waals surface area contributed by atoms with Crippen molar-refractivity contribution in [2.24, 2.45) is 5.73 Å². The van der Waals surface area contributed by atoms with E-state index in [0.29, 0.717) is 11.6 Å². The molecular formula is C15H21ClN2O2. The number of ether oxygens (including phenoxy) is 1. The van der Waals surface area contributed by atoms with Gasteiger partial charge in [-0.2, -0.15) is 0 Å². The van der Waals surface area contributed by atoms with E-state index < -0.39 is 5.54 Å². The van der Waals surface area contributed by atoms with Crippen molar-refractivity contribution in [1.82, 2.24) is 4.90 Å². The largest absolute Gasteiger partial charge is 0.497 e. The highest BCUT2D eigenvalue weighted by Gasteiger charge is 2.39. The quantitative estimate of drug-likeness (QED) is 0.929. The summed E-state index contributed by atoms with van der Waals surface area (Å²) >= 11 is 6.25. The second-order valence-electron chi connectivity index (χ2n) is 5.47. The van der Waals surface area contributed by atoms with Crippen molar-refractivity contribution < 1.29 is 9.53 Å². The number of likely N-dealkylation sites (tertiary alicyclic amines) is 1. The average molecular weight is 297 g/mol. The van der Waals surface area contributed by atoms with Gasteiger partial charge in [0.1, 0.15) is 5.75 Å². The van der Waals surface area contributed by atoms with Crippen LogP contribution >= 0.6 is 11.6 Å². The lowest BCUT2D eigenvalue weighted by molar-refractivity contribution is -0.131. The minimum absolute atomic E-state index is 0.267. The Morgan fingerprint density at radius 1 is 1.50 bits per heavy atom. The highest BCUT2D eigenvalue weighted by Crippen LogP contribution is 2.31. The summed E-state index contributed by atoms with van der Waals surface area (Å²) in [4.78, 5) is 13.9. The third-order valence-electron chi connectivity index (χ3n) is 4.18. The maximum absolute atomic E-state index is 11.8. The molecule has 0 aliphatic carbocycles. The molecule has 4 nitrogen and oxygen atoms in total. The molecule has 0 bridgehead atoms. The van der Waals surface area contributed by atoms with Crippen LogP contribution in [-0.4, -0.2) is 30.0 Å². The van der Waals surface area contributed by atoms with Crippen LogP contribution in [0.5, 0.6) is 5.75 Å². The molecule has 110 valence electrons. The van der Waals surface area contributed by atoms with Crippen molar-refractivity contribution in [2.75, 3.05) is 13.7 Å². The lowest BCUT2D eigenvalue weighted by atomic mass is 9.87. The van der Waals surface area contributed by atoms with Crippen LogP contribution in [-0.2, 0) is 11.3 Å². The van der Waals surface area contributed by atoms with Crippen LogP contribution in [0.3, 0.4) is 0 Å². The van der Waals surface area contributed by atoms with Crippen LogP contribution in [0.2, 0.25) is 5.02 Å². The number of methoxy groups -OCH3 is 1. The van der Waals surface area contributed by atoms with E-state index in [1.165, 1.54) is 0 Å². The number of hydrogen-bond acceptors (Lipinski definition) is 3. The fourth-order valence-corrected chi connectivity index (χ4v) is 2.89. The van der Waals surface area contributed by atoms with E-state index in [4.69, 9.17) is 22.1 Å². The standard InChI is InChI=1S/C15H21ClN2O2/c1-15(14(17)19)7-3-4-8-18(15)10-11-9-12(20-2)5-6-13(11)16/h5-6,9H,3-4,7-8,10H2,1-2H3,(H2,17,19). The molecule has 2 N–H and O–H groups in total. The molecular weight excluding hydrogens is 276 g/mol. The van der Waals surface area contributed by atoms with E-state index >= 15 is 0 Å². The molecule has 0 saturated carbocycles. The smallest absolute Gasteiger partial charge is 0.237 e. The number of nitrogens with two attached hydrogens (primary N) is 1. The number of nitrogens with zero attached hydrogens (tertiary/aromatic N) is 1. The van der Waals surface area contributed by atoms with Gasteiger partial charge in [0.15, 0.2) is 0 Å². The van der Waals surface area contributed by atoms with Gasteiger partial charge < -0.3 is 10.5 Å². The maximum atomic E-state index is 11.8. The summed E-state index contributed by atoms with van der Waals surface area (Å²) in [5.74, 6) is 0.499. The van der Waals surface area contributed by atoms with Crippen molar-refractivity contribution >= 4 is 17.5 Å².